The molecular weight excluding hydrogens is 487 g/mol. The first kappa shape index (κ1) is 25.5. The van der Waals surface area contributed by atoms with Crippen molar-refractivity contribution in [2.45, 2.75) is 45.8 Å². The monoisotopic (exact) mass is 516 g/mol. The molecule has 0 aromatic heterocycles. The van der Waals surface area contributed by atoms with Crippen LogP contribution in [0.15, 0.2) is 42.0 Å². The van der Waals surface area contributed by atoms with Crippen LogP contribution in [0.1, 0.15) is 49.9 Å². The Labute approximate surface area is 216 Å². The first-order chi connectivity index (χ1) is 16.7. The molecule has 1 saturated heterocycles. The number of ether oxygens (including phenoxy) is 1. The van der Waals surface area contributed by atoms with Gasteiger partial charge in [-0.1, -0.05) is 43.1 Å². The number of carbonyl (C=O) groups excluding carboxylic acids is 2. The van der Waals surface area contributed by atoms with Crippen molar-refractivity contribution in [1.29, 1.82) is 0 Å². The number of carbonyl (C=O) groups is 2. The number of benzene rings is 2. The second-order valence-electron chi connectivity index (χ2n) is 9.00. The van der Waals surface area contributed by atoms with E-state index < -0.39 is 17.7 Å². The largest absolute Gasteiger partial charge is 0.507 e. The summed E-state index contributed by atoms with van der Waals surface area (Å²) in [6.07, 6.45) is 1.46. The molecule has 6 nitrogen and oxygen atoms in total. The van der Waals surface area contributed by atoms with Crippen molar-refractivity contribution in [2.75, 3.05) is 26.2 Å². The lowest BCUT2D eigenvalue weighted by molar-refractivity contribution is -0.140. The number of likely N-dealkylation sites (tertiary alicyclic amines) is 1. The van der Waals surface area contributed by atoms with Crippen LogP contribution in [0.4, 0.5) is 0 Å². The molecule has 0 radical (unpaired) electrons. The summed E-state index contributed by atoms with van der Waals surface area (Å²) < 4.78 is 5.76. The number of fused-ring (bicyclic) bond motifs is 1. The number of aliphatic hydroxyl groups is 1. The summed E-state index contributed by atoms with van der Waals surface area (Å²) in [6.45, 7) is 9.15. The zero-order valence-corrected chi connectivity index (χ0v) is 21.7. The normalized spacial score (nSPS) is 21.0. The smallest absolute Gasteiger partial charge is 0.295 e. The molecule has 2 aliphatic rings. The lowest BCUT2D eigenvalue weighted by Gasteiger charge is -2.27. The molecule has 2 atom stereocenters. The minimum Gasteiger partial charge on any atom is -0.507 e. The summed E-state index contributed by atoms with van der Waals surface area (Å²) in [5.41, 5.74) is 2.12. The Kier molecular flexibility index (Phi) is 7.74. The van der Waals surface area contributed by atoms with E-state index in [0.29, 0.717) is 40.6 Å². The summed E-state index contributed by atoms with van der Waals surface area (Å²) >= 11 is 12.4. The molecule has 2 aromatic carbocycles. The van der Waals surface area contributed by atoms with Crippen LogP contribution in [-0.4, -0.2) is 58.9 Å². The zero-order chi connectivity index (χ0) is 25.3. The summed E-state index contributed by atoms with van der Waals surface area (Å²) in [5.74, 6) is -0.758. The molecule has 1 fully saturated rings. The van der Waals surface area contributed by atoms with Gasteiger partial charge in [-0.15, -0.1) is 0 Å². The predicted molar refractivity (Wildman–Crippen MR) is 138 cm³/mol. The maximum atomic E-state index is 13.3. The first-order valence-corrected chi connectivity index (χ1v) is 12.8. The SMILES string of the molecule is CCN(CC)CCCN1C(=O)C(=O)/C(=C(/O)c2ccc3c(c2)C[C@H](C)O3)[C@H]1c1ccc(Cl)c(Cl)c1. The Bertz CT molecular complexity index is 1180. The summed E-state index contributed by atoms with van der Waals surface area (Å²) in [4.78, 5) is 30.2. The third kappa shape index (κ3) is 5.06. The van der Waals surface area contributed by atoms with Crippen LogP contribution in [0, 0.1) is 0 Å². The molecule has 0 saturated carbocycles. The molecule has 2 aromatic rings. The van der Waals surface area contributed by atoms with E-state index in [1.54, 1.807) is 30.3 Å². The minimum absolute atomic E-state index is 0.0509. The van der Waals surface area contributed by atoms with Gasteiger partial charge in [0.15, 0.2) is 0 Å². The van der Waals surface area contributed by atoms with Crippen LogP contribution in [0.3, 0.4) is 0 Å². The molecule has 0 aliphatic carbocycles. The van der Waals surface area contributed by atoms with Crippen LogP contribution in [-0.2, 0) is 16.0 Å². The third-order valence-electron chi connectivity index (χ3n) is 6.74. The molecule has 1 N–H and O–H groups in total. The van der Waals surface area contributed by atoms with Crippen LogP contribution in [0.5, 0.6) is 5.75 Å². The number of aliphatic hydroxyl groups excluding tert-OH is 1. The highest BCUT2D eigenvalue weighted by Crippen LogP contribution is 2.42. The highest BCUT2D eigenvalue weighted by molar-refractivity contribution is 6.46. The maximum absolute atomic E-state index is 13.3. The fraction of sp³-hybridized carbons (Fsp3) is 0.407. The Morgan fingerprint density at radius 1 is 1.11 bits per heavy atom. The van der Waals surface area contributed by atoms with Crippen LogP contribution in [0.25, 0.3) is 5.76 Å². The van der Waals surface area contributed by atoms with Gasteiger partial charge >= 0.3 is 0 Å². The van der Waals surface area contributed by atoms with Gasteiger partial charge in [-0.05, 0) is 74.4 Å². The van der Waals surface area contributed by atoms with Gasteiger partial charge < -0.3 is 19.6 Å². The van der Waals surface area contributed by atoms with E-state index in [4.69, 9.17) is 27.9 Å². The van der Waals surface area contributed by atoms with Crippen molar-refractivity contribution in [3.05, 3.63) is 68.7 Å². The number of amides is 1. The fourth-order valence-electron chi connectivity index (χ4n) is 4.87. The van der Waals surface area contributed by atoms with E-state index in [0.717, 1.165) is 30.9 Å². The number of Topliss-reactive ketones (excluding diaryl/α,β-unsaturated/α-hetero) is 1. The van der Waals surface area contributed by atoms with Crippen molar-refractivity contribution < 1.29 is 19.4 Å². The van der Waals surface area contributed by atoms with E-state index in [1.807, 2.05) is 13.0 Å². The van der Waals surface area contributed by atoms with Gasteiger partial charge in [0.1, 0.15) is 17.6 Å². The molecule has 4 rings (SSSR count). The molecule has 0 bridgehead atoms. The van der Waals surface area contributed by atoms with Gasteiger partial charge in [0, 0.05) is 18.5 Å². The number of ketones is 1. The van der Waals surface area contributed by atoms with E-state index in [1.165, 1.54) is 4.90 Å². The zero-order valence-electron chi connectivity index (χ0n) is 20.2. The lowest BCUT2D eigenvalue weighted by Crippen LogP contribution is -2.33. The van der Waals surface area contributed by atoms with Gasteiger partial charge in [0.2, 0.25) is 0 Å². The summed E-state index contributed by atoms with van der Waals surface area (Å²) in [7, 11) is 0. The van der Waals surface area contributed by atoms with Crippen LogP contribution < -0.4 is 4.74 Å². The van der Waals surface area contributed by atoms with Crippen molar-refractivity contribution in [1.82, 2.24) is 9.80 Å². The van der Waals surface area contributed by atoms with Gasteiger partial charge in [-0.2, -0.15) is 0 Å². The number of halogens is 2. The molecular formula is C27H30Cl2N2O4. The minimum atomic E-state index is -0.759. The number of hydrogen-bond donors (Lipinski definition) is 1. The van der Waals surface area contributed by atoms with Crippen molar-refractivity contribution in [3.8, 4) is 5.75 Å². The second kappa shape index (κ2) is 10.6. The molecule has 35 heavy (non-hydrogen) atoms. The second-order valence-corrected chi connectivity index (χ2v) is 9.82. The maximum Gasteiger partial charge on any atom is 0.295 e. The summed E-state index contributed by atoms with van der Waals surface area (Å²) in [6, 6.07) is 9.62. The molecule has 1 amide bonds. The highest BCUT2D eigenvalue weighted by Gasteiger charge is 2.46. The van der Waals surface area contributed by atoms with Gasteiger partial charge in [0.25, 0.3) is 11.7 Å². The average molecular weight is 517 g/mol. The Morgan fingerprint density at radius 2 is 1.86 bits per heavy atom. The molecule has 2 aliphatic heterocycles. The number of hydrogen-bond acceptors (Lipinski definition) is 5. The molecule has 8 heteroatoms. The van der Waals surface area contributed by atoms with E-state index in [2.05, 4.69) is 18.7 Å². The van der Waals surface area contributed by atoms with Crippen molar-refractivity contribution in [2.24, 2.45) is 0 Å². The molecule has 2 heterocycles. The average Bonchev–Trinajstić information content (AvgIpc) is 3.34. The Balaban J connectivity index is 1.75. The summed E-state index contributed by atoms with van der Waals surface area (Å²) in [5, 5.41) is 12.0. The Morgan fingerprint density at radius 3 is 2.54 bits per heavy atom. The quantitative estimate of drug-likeness (QED) is 0.286. The highest BCUT2D eigenvalue weighted by atomic mass is 35.5. The standard InChI is InChI=1S/C27H30Cl2N2O4/c1-4-30(5-2)11-6-12-31-24(17-7-9-20(28)21(29)15-17)23(26(33)27(31)34)25(32)18-8-10-22-19(14-18)13-16(3)35-22/h7-10,14-16,24,32H,4-6,11-13H2,1-3H3/b25-23+/t16-,24+/m0/s1. The van der Waals surface area contributed by atoms with Crippen molar-refractivity contribution >= 4 is 40.7 Å². The van der Waals surface area contributed by atoms with E-state index in [-0.39, 0.29) is 17.4 Å². The van der Waals surface area contributed by atoms with Crippen LogP contribution in [0.2, 0.25) is 10.0 Å². The van der Waals surface area contributed by atoms with Gasteiger partial charge in [0.05, 0.1) is 21.7 Å². The topological polar surface area (TPSA) is 70.1 Å². The van der Waals surface area contributed by atoms with Gasteiger partial charge in [-0.25, -0.2) is 0 Å². The fourth-order valence-corrected chi connectivity index (χ4v) is 5.18. The first-order valence-electron chi connectivity index (χ1n) is 12.0. The number of rotatable bonds is 8. The lowest BCUT2D eigenvalue weighted by atomic mass is 9.94. The molecule has 0 spiro atoms. The predicted octanol–water partition coefficient (Wildman–Crippen LogP) is 5.47. The van der Waals surface area contributed by atoms with E-state index in [9.17, 15) is 14.7 Å². The van der Waals surface area contributed by atoms with E-state index >= 15 is 0 Å². The van der Waals surface area contributed by atoms with Gasteiger partial charge in [-0.3, -0.25) is 9.59 Å². The Hall–Kier alpha value is -2.54. The van der Waals surface area contributed by atoms with Crippen LogP contribution >= 0.6 is 23.2 Å². The third-order valence-corrected chi connectivity index (χ3v) is 7.48. The molecule has 0 unspecified atom stereocenters. The van der Waals surface area contributed by atoms with Crippen molar-refractivity contribution in [3.63, 3.8) is 0 Å². The number of nitrogens with zero attached hydrogens (tertiary/aromatic N) is 2. The molecule has 186 valence electrons.